The predicted octanol–water partition coefficient (Wildman–Crippen LogP) is 1.63. The van der Waals surface area contributed by atoms with E-state index in [9.17, 15) is 15.0 Å². The van der Waals surface area contributed by atoms with Crippen molar-refractivity contribution in [3.05, 3.63) is 23.0 Å². The number of ether oxygens (including phenoxy) is 1. The highest BCUT2D eigenvalue weighted by atomic mass is 35.5. The van der Waals surface area contributed by atoms with Gasteiger partial charge in [0, 0.05) is 24.0 Å². The number of hydrogen-bond donors (Lipinski definition) is 4. The Hall–Kier alpha value is -1.57. The molecule has 0 aliphatic rings. The number of pyridine rings is 1. The van der Waals surface area contributed by atoms with Gasteiger partial charge in [-0.2, -0.15) is 0 Å². The van der Waals surface area contributed by atoms with E-state index in [-0.39, 0.29) is 29.4 Å². The summed E-state index contributed by atoms with van der Waals surface area (Å²) in [4.78, 5) is 15.3. The maximum Gasteiger partial charge on any atom is 0.407 e. The van der Waals surface area contributed by atoms with Gasteiger partial charge in [0.1, 0.15) is 16.9 Å². The predicted molar refractivity (Wildman–Crippen MR) is 83.5 cm³/mol. The summed E-state index contributed by atoms with van der Waals surface area (Å²) in [6.07, 6.45) is -1.52. The molecule has 0 bridgehead atoms. The van der Waals surface area contributed by atoms with Gasteiger partial charge in [-0.15, -0.1) is 0 Å². The van der Waals surface area contributed by atoms with E-state index in [1.54, 1.807) is 20.8 Å². The molecule has 0 aromatic carbocycles. The van der Waals surface area contributed by atoms with Crippen molar-refractivity contribution in [2.45, 2.75) is 45.0 Å². The number of nitrogens with one attached hydrogen (secondary N) is 1. The van der Waals surface area contributed by atoms with Gasteiger partial charge in [0.15, 0.2) is 0 Å². The standard InChI is InChI=1S/C14H22ClN3O4/c1-14(2,3)22-13(21)18-7-5-9(19)11(20)10-8(16)4-6-17-12(10)15/h4,6,9,11,19-20H,5,7H2,1-3H3,(H2,16,17)(H,18,21). The van der Waals surface area contributed by atoms with E-state index in [1.807, 2.05) is 0 Å². The Labute approximate surface area is 134 Å². The molecule has 8 heteroatoms. The molecule has 2 atom stereocenters. The highest BCUT2D eigenvalue weighted by Crippen LogP contribution is 2.29. The van der Waals surface area contributed by atoms with Crippen molar-refractivity contribution >= 4 is 23.4 Å². The summed E-state index contributed by atoms with van der Waals surface area (Å²) in [5.74, 6) is 0. The third kappa shape index (κ3) is 5.67. The van der Waals surface area contributed by atoms with Crippen LogP contribution in [0, 0.1) is 0 Å². The van der Waals surface area contributed by atoms with Crippen LogP contribution in [-0.2, 0) is 4.74 Å². The Morgan fingerprint density at radius 2 is 2.14 bits per heavy atom. The lowest BCUT2D eigenvalue weighted by Gasteiger charge is -2.22. The van der Waals surface area contributed by atoms with Gasteiger partial charge in [-0.05, 0) is 33.3 Å². The molecule has 124 valence electrons. The zero-order valence-corrected chi connectivity index (χ0v) is 13.6. The minimum Gasteiger partial charge on any atom is -0.444 e. The van der Waals surface area contributed by atoms with Crippen LogP contribution in [0.15, 0.2) is 12.3 Å². The number of aliphatic hydroxyl groups is 2. The number of carbonyl (C=O) groups is 1. The molecule has 0 fully saturated rings. The van der Waals surface area contributed by atoms with Gasteiger partial charge in [-0.1, -0.05) is 11.6 Å². The molecule has 0 saturated heterocycles. The average molecular weight is 332 g/mol. The third-order valence-corrected chi connectivity index (χ3v) is 3.04. The quantitative estimate of drug-likeness (QED) is 0.609. The SMILES string of the molecule is CC(C)(C)OC(=O)NCCC(O)C(O)c1c(N)ccnc1Cl. The molecule has 7 nitrogen and oxygen atoms in total. The number of amides is 1. The van der Waals surface area contributed by atoms with Crippen LogP contribution in [0.1, 0.15) is 38.9 Å². The van der Waals surface area contributed by atoms with Crippen molar-refractivity contribution in [2.24, 2.45) is 0 Å². The Kier molecular flexibility index (Phi) is 6.40. The molecule has 0 spiro atoms. The number of aromatic nitrogens is 1. The smallest absolute Gasteiger partial charge is 0.407 e. The monoisotopic (exact) mass is 331 g/mol. The number of nitrogen functional groups attached to an aromatic ring is 1. The van der Waals surface area contributed by atoms with Crippen LogP contribution in [0.3, 0.4) is 0 Å². The molecule has 1 rings (SSSR count). The summed E-state index contributed by atoms with van der Waals surface area (Å²) in [6.45, 7) is 5.38. The minimum atomic E-state index is -1.29. The lowest BCUT2D eigenvalue weighted by molar-refractivity contribution is 0.0126. The zero-order chi connectivity index (χ0) is 16.9. The summed E-state index contributed by atoms with van der Waals surface area (Å²) in [7, 11) is 0. The molecular formula is C14H22ClN3O4. The molecule has 0 aliphatic heterocycles. The van der Waals surface area contributed by atoms with Gasteiger partial charge in [-0.25, -0.2) is 9.78 Å². The topological polar surface area (TPSA) is 118 Å². The number of alkyl carbamates (subject to hydrolysis) is 1. The Bertz CT molecular complexity index is 499. The van der Waals surface area contributed by atoms with Gasteiger partial charge in [0.25, 0.3) is 0 Å². The second-order valence-electron chi connectivity index (χ2n) is 5.83. The van der Waals surface area contributed by atoms with Crippen molar-refractivity contribution in [1.29, 1.82) is 0 Å². The van der Waals surface area contributed by atoms with Gasteiger partial charge < -0.3 is 26.0 Å². The number of halogens is 1. The van der Waals surface area contributed by atoms with Crippen molar-refractivity contribution < 1.29 is 19.7 Å². The Morgan fingerprint density at radius 3 is 2.68 bits per heavy atom. The number of nitrogens with zero attached hydrogens (tertiary/aromatic N) is 1. The molecule has 1 aromatic heterocycles. The number of anilines is 1. The molecule has 1 amide bonds. The summed E-state index contributed by atoms with van der Waals surface area (Å²) in [5, 5.41) is 22.6. The summed E-state index contributed by atoms with van der Waals surface area (Å²) in [5.41, 5.74) is 5.54. The lowest BCUT2D eigenvalue weighted by atomic mass is 10.0. The average Bonchev–Trinajstić information content (AvgIpc) is 2.35. The third-order valence-electron chi connectivity index (χ3n) is 2.74. The molecule has 0 radical (unpaired) electrons. The summed E-state index contributed by atoms with van der Waals surface area (Å²) < 4.78 is 5.06. The molecule has 1 aromatic rings. The van der Waals surface area contributed by atoms with Crippen LogP contribution in [0.2, 0.25) is 5.15 Å². The van der Waals surface area contributed by atoms with E-state index >= 15 is 0 Å². The highest BCUT2D eigenvalue weighted by Gasteiger charge is 2.24. The van der Waals surface area contributed by atoms with Gasteiger partial charge in [-0.3, -0.25) is 0 Å². The molecule has 0 aliphatic carbocycles. The largest absolute Gasteiger partial charge is 0.444 e. The molecular weight excluding hydrogens is 310 g/mol. The van der Waals surface area contributed by atoms with Crippen LogP contribution in [-0.4, -0.2) is 39.5 Å². The maximum atomic E-state index is 11.5. The number of rotatable bonds is 5. The van der Waals surface area contributed by atoms with Crippen LogP contribution in [0.5, 0.6) is 0 Å². The fourth-order valence-corrected chi connectivity index (χ4v) is 2.02. The first-order valence-corrected chi connectivity index (χ1v) is 7.22. The van der Waals surface area contributed by atoms with Crippen LogP contribution < -0.4 is 11.1 Å². The minimum absolute atomic E-state index is 0.0339. The number of carbonyl (C=O) groups excluding carboxylic acids is 1. The number of hydrogen-bond acceptors (Lipinski definition) is 6. The lowest BCUT2D eigenvalue weighted by Crippen LogP contribution is -2.34. The van der Waals surface area contributed by atoms with Crippen molar-refractivity contribution in [1.82, 2.24) is 10.3 Å². The fourth-order valence-electron chi connectivity index (χ4n) is 1.74. The molecule has 22 heavy (non-hydrogen) atoms. The normalized spacial score (nSPS) is 14.3. The Balaban J connectivity index is 2.52. The zero-order valence-electron chi connectivity index (χ0n) is 12.8. The molecule has 0 saturated carbocycles. The molecule has 5 N–H and O–H groups in total. The van der Waals surface area contributed by atoms with Crippen LogP contribution >= 0.6 is 11.6 Å². The van der Waals surface area contributed by atoms with Gasteiger partial charge >= 0.3 is 6.09 Å². The van der Waals surface area contributed by atoms with E-state index < -0.39 is 23.9 Å². The first-order chi connectivity index (χ1) is 10.1. The fraction of sp³-hybridized carbons (Fsp3) is 0.571. The van der Waals surface area contributed by atoms with E-state index in [2.05, 4.69) is 10.3 Å². The first-order valence-electron chi connectivity index (χ1n) is 6.84. The maximum absolute atomic E-state index is 11.5. The van der Waals surface area contributed by atoms with Crippen molar-refractivity contribution in [3.8, 4) is 0 Å². The van der Waals surface area contributed by atoms with Crippen LogP contribution in [0.25, 0.3) is 0 Å². The van der Waals surface area contributed by atoms with Crippen LogP contribution in [0.4, 0.5) is 10.5 Å². The second kappa shape index (κ2) is 7.62. The summed E-state index contributed by atoms with van der Waals surface area (Å²) >= 11 is 5.87. The van der Waals surface area contributed by atoms with E-state index in [4.69, 9.17) is 22.1 Å². The van der Waals surface area contributed by atoms with Gasteiger partial charge in [0.2, 0.25) is 0 Å². The van der Waals surface area contributed by atoms with E-state index in [1.165, 1.54) is 12.3 Å². The molecule has 1 heterocycles. The second-order valence-corrected chi connectivity index (χ2v) is 6.19. The summed E-state index contributed by atoms with van der Waals surface area (Å²) in [6, 6.07) is 1.48. The molecule has 2 unspecified atom stereocenters. The Morgan fingerprint density at radius 1 is 1.50 bits per heavy atom. The first kappa shape index (κ1) is 18.5. The van der Waals surface area contributed by atoms with E-state index in [0.717, 1.165) is 0 Å². The van der Waals surface area contributed by atoms with Gasteiger partial charge in [0.05, 0.1) is 6.10 Å². The van der Waals surface area contributed by atoms with E-state index in [0.29, 0.717) is 0 Å². The number of aliphatic hydroxyl groups excluding tert-OH is 2. The van der Waals surface area contributed by atoms with Crippen molar-refractivity contribution in [2.75, 3.05) is 12.3 Å². The van der Waals surface area contributed by atoms with Crippen molar-refractivity contribution in [3.63, 3.8) is 0 Å². The number of nitrogens with two attached hydrogens (primary N) is 1. The highest BCUT2D eigenvalue weighted by molar-refractivity contribution is 6.30.